The number of rotatable bonds is 5. The van der Waals surface area contributed by atoms with E-state index in [1.807, 2.05) is 6.07 Å². The van der Waals surface area contributed by atoms with Crippen LogP contribution in [0, 0.1) is 0 Å². The monoisotopic (exact) mass is 220 g/mol. The van der Waals surface area contributed by atoms with Crippen molar-refractivity contribution in [1.29, 1.82) is 0 Å². The number of carbonyl (C=O) groups excluding carboxylic acids is 1. The Balaban J connectivity index is 2.55. The second-order valence-electron chi connectivity index (χ2n) is 3.57. The molecular weight excluding hydrogens is 204 g/mol. The fourth-order valence-electron chi connectivity index (χ4n) is 1.25. The van der Waals surface area contributed by atoms with Crippen LogP contribution in [0.2, 0.25) is 0 Å². The van der Waals surface area contributed by atoms with Crippen molar-refractivity contribution in [2.24, 2.45) is 0 Å². The van der Waals surface area contributed by atoms with Crippen LogP contribution in [0.25, 0.3) is 0 Å². The Morgan fingerprint density at radius 1 is 1.50 bits per heavy atom. The zero-order chi connectivity index (χ0) is 12.0. The summed E-state index contributed by atoms with van der Waals surface area (Å²) in [7, 11) is 0. The predicted octanol–water partition coefficient (Wildman–Crippen LogP) is 2.17. The van der Waals surface area contributed by atoms with E-state index in [0.717, 1.165) is 0 Å². The number of aliphatic hydroxyl groups is 1. The molecule has 3 nitrogen and oxygen atoms in total. The van der Waals surface area contributed by atoms with Gasteiger partial charge in [0, 0.05) is 0 Å². The lowest BCUT2D eigenvalue weighted by Crippen LogP contribution is -2.28. The van der Waals surface area contributed by atoms with Crippen LogP contribution in [0.3, 0.4) is 0 Å². The van der Waals surface area contributed by atoms with Crippen LogP contribution in [-0.2, 0) is 4.74 Å². The Kier molecular flexibility index (Phi) is 4.73. The number of benzene rings is 1. The van der Waals surface area contributed by atoms with Crippen molar-refractivity contribution < 1.29 is 14.6 Å². The number of aliphatic hydroxyl groups excluding tert-OH is 1. The van der Waals surface area contributed by atoms with Crippen molar-refractivity contribution in [1.82, 2.24) is 0 Å². The fraction of sp³-hybridized carbons (Fsp3) is 0.308. The van der Waals surface area contributed by atoms with E-state index in [-0.39, 0.29) is 0 Å². The highest BCUT2D eigenvalue weighted by Crippen LogP contribution is 2.08. The SMILES string of the molecule is C=CC[C@@H](O)[C@H](C)OC(=O)c1ccccc1. The molecular formula is C13H16O3. The van der Waals surface area contributed by atoms with Gasteiger partial charge in [0.2, 0.25) is 0 Å². The maximum Gasteiger partial charge on any atom is 0.338 e. The summed E-state index contributed by atoms with van der Waals surface area (Å²) in [5, 5.41) is 9.57. The molecule has 1 aromatic carbocycles. The Hall–Kier alpha value is -1.61. The van der Waals surface area contributed by atoms with E-state index in [2.05, 4.69) is 6.58 Å². The molecule has 0 aliphatic rings. The van der Waals surface area contributed by atoms with Gasteiger partial charge in [-0.1, -0.05) is 24.3 Å². The molecule has 0 aliphatic carbocycles. The van der Waals surface area contributed by atoms with Crippen molar-refractivity contribution in [2.75, 3.05) is 0 Å². The lowest BCUT2D eigenvalue weighted by atomic mass is 10.1. The summed E-state index contributed by atoms with van der Waals surface area (Å²) < 4.78 is 5.11. The van der Waals surface area contributed by atoms with Crippen LogP contribution in [0.1, 0.15) is 23.7 Å². The third-order valence-corrected chi connectivity index (χ3v) is 2.25. The molecule has 0 bridgehead atoms. The molecule has 0 fully saturated rings. The van der Waals surface area contributed by atoms with E-state index in [0.29, 0.717) is 12.0 Å². The van der Waals surface area contributed by atoms with Crippen LogP contribution < -0.4 is 0 Å². The topological polar surface area (TPSA) is 46.5 Å². The van der Waals surface area contributed by atoms with Crippen LogP contribution in [0.4, 0.5) is 0 Å². The van der Waals surface area contributed by atoms with E-state index >= 15 is 0 Å². The van der Waals surface area contributed by atoms with Gasteiger partial charge >= 0.3 is 5.97 Å². The average Bonchev–Trinajstić information content (AvgIpc) is 2.30. The molecule has 86 valence electrons. The molecule has 16 heavy (non-hydrogen) atoms. The van der Waals surface area contributed by atoms with Crippen molar-refractivity contribution in [3.8, 4) is 0 Å². The number of hydrogen-bond acceptors (Lipinski definition) is 3. The van der Waals surface area contributed by atoms with Crippen molar-refractivity contribution >= 4 is 5.97 Å². The lowest BCUT2D eigenvalue weighted by Gasteiger charge is -2.18. The van der Waals surface area contributed by atoms with Gasteiger partial charge in [-0.25, -0.2) is 4.79 Å². The van der Waals surface area contributed by atoms with Crippen molar-refractivity contribution in [3.05, 3.63) is 48.6 Å². The maximum atomic E-state index is 11.6. The molecule has 2 atom stereocenters. The molecule has 0 radical (unpaired) electrons. The molecule has 0 spiro atoms. The van der Waals surface area contributed by atoms with E-state index < -0.39 is 18.2 Å². The highest BCUT2D eigenvalue weighted by molar-refractivity contribution is 5.89. The highest BCUT2D eigenvalue weighted by Gasteiger charge is 2.17. The minimum absolute atomic E-state index is 0.406. The van der Waals surface area contributed by atoms with Gasteiger partial charge in [0.15, 0.2) is 0 Å². The minimum atomic E-state index is -0.704. The van der Waals surface area contributed by atoms with Gasteiger partial charge in [-0.05, 0) is 25.5 Å². The molecule has 0 heterocycles. The quantitative estimate of drug-likeness (QED) is 0.611. The Morgan fingerprint density at radius 3 is 2.69 bits per heavy atom. The summed E-state index contributed by atoms with van der Waals surface area (Å²) in [4.78, 5) is 11.6. The molecule has 0 saturated carbocycles. The number of esters is 1. The third kappa shape index (κ3) is 3.51. The van der Waals surface area contributed by atoms with E-state index in [1.54, 1.807) is 37.3 Å². The standard InChI is InChI=1S/C13H16O3/c1-3-7-12(14)10(2)16-13(15)11-8-5-4-6-9-11/h3-6,8-10,12,14H,1,7H2,2H3/t10-,12+/m0/s1. The summed E-state index contributed by atoms with van der Waals surface area (Å²) in [6, 6.07) is 8.71. The van der Waals surface area contributed by atoms with Gasteiger partial charge in [-0.3, -0.25) is 0 Å². The highest BCUT2D eigenvalue weighted by atomic mass is 16.6. The Morgan fingerprint density at radius 2 is 2.12 bits per heavy atom. The van der Waals surface area contributed by atoms with Crippen LogP contribution in [0.5, 0.6) is 0 Å². The van der Waals surface area contributed by atoms with Crippen molar-refractivity contribution in [3.63, 3.8) is 0 Å². The average molecular weight is 220 g/mol. The van der Waals surface area contributed by atoms with Crippen molar-refractivity contribution in [2.45, 2.75) is 25.6 Å². The first-order valence-electron chi connectivity index (χ1n) is 5.20. The van der Waals surface area contributed by atoms with Crippen LogP contribution >= 0.6 is 0 Å². The van der Waals surface area contributed by atoms with E-state index in [4.69, 9.17) is 4.74 Å². The molecule has 0 aliphatic heterocycles. The molecule has 1 aromatic rings. The molecule has 0 saturated heterocycles. The maximum absolute atomic E-state index is 11.6. The molecule has 0 aromatic heterocycles. The first-order valence-corrected chi connectivity index (χ1v) is 5.20. The van der Waals surface area contributed by atoms with E-state index in [1.165, 1.54) is 0 Å². The second kappa shape index (κ2) is 6.08. The van der Waals surface area contributed by atoms with Crippen LogP contribution in [-0.4, -0.2) is 23.3 Å². The Labute approximate surface area is 95.4 Å². The number of carbonyl (C=O) groups is 1. The van der Waals surface area contributed by atoms with Gasteiger partial charge in [-0.15, -0.1) is 6.58 Å². The normalized spacial score (nSPS) is 13.9. The second-order valence-corrected chi connectivity index (χ2v) is 3.57. The predicted molar refractivity (Wildman–Crippen MR) is 62.1 cm³/mol. The first kappa shape index (κ1) is 12.5. The third-order valence-electron chi connectivity index (χ3n) is 2.25. The zero-order valence-corrected chi connectivity index (χ0v) is 9.30. The minimum Gasteiger partial charge on any atom is -0.456 e. The molecule has 0 amide bonds. The summed E-state index contributed by atoms with van der Waals surface area (Å²) in [6.07, 6.45) is 0.761. The number of ether oxygens (including phenoxy) is 1. The molecule has 3 heteroatoms. The summed E-state index contributed by atoms with van der Waals surface area (Å²) in [5.74, 6) is -0.420. The number of hydrogen-bond donors (Lipinski definition) is 1. The largest absolute Gasteiger partial charge is 0.456 e. The lowest BCUT2D eigenvalue weighted by molar-refractivity contribution is -0.00951. The molecule has 0 unspecified atom stereocenters. The van der Waals surface area contributed by atoms with Crippen LogP contribution in [0.15, 0.2) is 43.0 Å². The summed E-state index contributed by atoms with van der Waals surface area (Å²) in [6.45, 7) is 5.18. The molecule has 1 rings (SSSR count). The van der Waals surface area contributed by atoms with Gasteiger partial charge in [-0.2, -0.15) is 0 Å². The van der Waals surface area contributed by atoms with Gasteiger partial charge in [0.25, 0.3) is 0 Å². The summed E-state index contributed by atoms with van der Waals surface area (Å²) >= 11 is 0. The van der Waals surface area contributed by atoms with Gasteiger partial charge < -0.3 is 9.84 Å². The zero-order valence-electron chi connectivity index (χ0n) is 9.30. The van der Waals surface area contributed by atoms with Gasteiger partial charge in [0.1, 0.15) is 6.10 Å². The fourth-order valence-corrected chi connectivity index (χ4v) is 1.25. The smallest absolute Gasteiger partial charge is 0.338 e. The summed E-state index contributed by atoms with van der Waals surface area (Å²) in [5.41, 5.74) is 0.486. The van der Waals surface area contributed by atoms with Gasteiger partial charge in [0.05, 0.1) is 11.7 Å². The first-order chi connectivity index (χ1) is 7.65. The Bertz CT molecular complexity index is 345. The van der Waals surface area contributed by atoms with E-state index in [9.17, 15) is 9.90 Å². The molecule has 1 N–H and O–H groups in total.